The summed E-state index contributed by atoms with van der Waals surface area (Å²) in [5.74, 6) is 1.22. The van der Waals surface area contributed by atoms with E-state index in [0.717, 1.165) is 18.5 Å². The Kier molecular flexibility index (Phi) is 3.92. The monoisotopic (exact) mass is 305 g/mol. The van der Waals surface area contributed by atoms with E-state index in [-0.39, 0.29) is 11.8 Å². The lowest BCUT2D eigenvalue weighted by molar-refractivity contribution is -0.117. The first-order valence-electron chi connectivity index (χ1n) is 7.06. The molecule has 1 saturated heterocycles. The van der Waals surface area contributed by atoms with Gasteiger partial charge in [0.2, 0.25) is 11.8 Å². The number of hydrogen-bond acceptors (Lipinski definition) is 4. The fourth-order valence-corrected chi connectivity index (χ4v) is 2.77. The molecule has 1 aromatic heterocycles. The van der Waals surface area contributed by atoms with Gasteiger partial charge < -0.3 is 9.42 Å². The molecule has 0 radical (unpaired) electrons. The molecule has 6 heteroatoms. The molecule has 1 aromatic carbocycles. The average molecular weight is 306 g/mol. The van der Waals surface area contributed by atoms with Crippen LogP contribution in [0, 0.1) is 0 Å². The molecule has 21 heavy (non-hydrogen) atoms. The Hall–Kier alpha value is -1.88. The van der Waals surface area contributed by atoms with Gasteiger partial charge in [0.1, 0.15) is 0 Å². The Labute approximate surface area is 127 Å². The summed E-state index contributed by atoms with van der Waals surface area (Å²) in [6.07, 6.45) is 2.13. The van der Waals surface area contributed by atoms with Crippen LogP contribution in [0.25, 0.3) is 0 Å². The SMILES string of the molecule is CCCc1noc(C2CC(=O)N(c3ccccc3Cl)C2)n1. The van der Waals surface area contributed by atoms with Crippen molar-refractivity contribution in [3.05, 3.63) is 41.0 Å². The van der Waals surface area contributed by atoms with E-state index in [1.807, 2.05) is 18.2 Å². The maximum Gasteiger partial charge on any atom is 0.232 e. The molecule has 1 aliphatic rings. The van der Waals surface area contributed by atoms with E-state index in [1.54, 1.807) is 11.0 Å². The lowest BCUT2D eigenvalue weighted by Gasteiger charge is -2.17. The molecule has 1 atom stereocenters. The molecule has 1 amide bonds. The molecule has 0 aliphatic carbocycles. The highest BCUT2D eigenvalue weighted by Gasteiger charge is 2.35. The summed E-state index contributed by atoms with van der Waals surface area (Å²) in [5, 5.41) is 4.52. The minimum Gasteiger partial charge on any atom is -0.339 e. The second-order valence-electron chi connectivity index (χ2n) is 5.16. The molecule has 1 fully saturated rings. The minimum absolute atomic E-state index is 0.0309. The smallest absolute Gasteiger partial charge is 0.232 e. The molecular formula is C15H16ClN3O2. The molecule has 0 saturated carbocycles. The zero-order chi connectivity index (χ0) is 14.8. The first kappa shape index (κ1) is 14.1. The van der Waals surface area contributed by atoms with Crippen molar-refractivity contribution in [3.63, 3.8) is 0 Å². The Morgan fingerprint density at radius 2 is 2.24 bits per heavy atom. The van der Waals surface area contributed by atoms with Gasteiger partial charge in [0.05, 0.1) is 16.6 Å². The quantitative estimate of drug-likeness (QED) is 0.870. The number of aryl methyl sites for hydroxylation is 1. The first-order chi connectivity index (χ1) is 10.2. The van der Waals surface area contributed by atoms with E-state index in [9.17, 15) is 4.79 Å². The van der Waals surface area contributed by atoms with Crippen LogP contribution in [0.3, 0.4) is 0 Å². The van der Waals surface area contributed by atoms with Crippen molar-refractivity contribution in [1.29, 1.82) is 0 Å². The van der Waals surface area contributed by atoms with Gasteiger partial charge >= 0.3 is 0 Å². The fourth-order valence-electron chi connectivity index (χ4n) is 2.53. The van der Waals surface area contributed by atoms with Crippen LogP contribution in [-0.2, 0) is 11.2 Å². The number of hydrogen-bond donors (Lipinski definition) is 0. The van der Waals surface area contributed by atoms with E-state index in [1.165, 1.54) is 0 Å². The van der Waals surface area contributed by atoms with Crippen molar-refractivity contribution >= 4 is 23.2 Å². The Bertz CT molecular complexity index is 656. The maximum atomic E-state index is 12.2. The van der Waals surface area contributed by atoms with Gasteiger partial charge in [0.15, 0.2) is 5.82 Å². The maximum absolute atomic E-state index is 12.2. The topological polar surface area (TPSA) is 59.2 Å². The summed E-state index contributed by atoms with van der Waals surface area (Å²) in [4.78, 5) is 18.3. The Morgan fingerprint density at radius 1 is 1.43 bits per heavy atom. The number of halogens is 1. The van der Waals surface area contributed by atoms with Gasteiger partial charge in [0.25, 0.3) is 0 Å². The predicted molar refractivity (Wildman–Crippen MR) is 79.5 cm³/mol. The third-order valence-corrected chi connectivity index (χ3v) is 3.89. The number of carbonyl (C=O) groups is 1. The van der Waals surface area contributed by atoms with Gasteiger partial charge in [-0.05, 0) is 18.6 Å². The summed E-state index contributed by atoms with van der Waals surface area (Å²) in [6, 6.07) is 7.34. The predicted octanol–water partition coefficient (Wildman–Crippen LogP) is 3.20. The summed E-state index contributed by atoms with van der Waals surface area (Å²) < 4.78 is 5.29. The largest absolute Gasteiger partial charge is 0.339 e. The number of benzene rings is 1. The normalized spacial score (nSPS) is 18.5. The molecule has 1 unspecified atom stereocenters. The van der Waals surface area contributed by atoms with Crippen LogP contribution in [0.5, 0.6) is 0 Å². The number of carbonyl (C=O) groups excluding carboxylic acids is 1. The summed E-state index contributed by atoms with van der Waals surface area (Å²) >= 11 is 6.16. The van der Waals surface area contributed by atoms with Crippen molar-refractivity contribution < 1.29 is 9.32 Å². The number of amides is 1. The average Bonchev–Trinajstić information content (AvgIpc) is 3.07. The van der Waals surface area contributed by atoms with Crippen molar-refractivity contribution in [2.24, 2.45) is 0 Å². The number of aromatic nitrogens is 2. The van der Waals surface area contributed by atoms with Gasteiger partial charge in [-0.2, -0.15) is 4.98 Å². The van der Waals surface area contributed by atoms with Crippen LogP contribution in [0.2, 0.25) is 5.02 Å². The van der Waals surface area contributed by atoms with E-state index in [0.29, 0.717) is 29.7 Å². The van der Waals surface area contributed by atoms with E-state index >= 15 is 0 Å². The van der Waals surface area contributed by atoms with Crippen LogP contribution in [-0.4, -0.2) is 22.6 Å². The molecule has 110 valence electrons. The summed E-state index contributed by atoms with van der Waals surface area (Å²) in [6.45, 7) is 2.59. The number of nitrogens with zero attached hydrogens (tertiary/aromatic N) is 3. The van der Waals surface area contributed by atoms with Crippen molar-refractivity contribution in [1.82, 2.24) is 10.1 Å². The molecule has 3 rings (SSSR count). The molecular weight excluding hydrogens is 290 g/mol. The van der Waals surface area contributed by atoms with Crippen LogP contribution in [0.4, 0.5) is 5.69 Å². The third-order valence-electron chi connectivity index (χ3n) is 3.57. The zero-order valence-corrected chi connectivity index (χ0v) is 12.5. The van der Waals surface area contributed by atoms with Gasteiger partial charge in [-0.15, -0.1) is 0 Å². The lowest BCUT2D eigenvalue weighted by Crippen LogP contribution is -2.24. The molecule has 0 N–H and O–H groups in total. The van der Waals surface area contributed by atoms with Crippen molar-refractivity contribution in [2.75, 3.05) is 11.4 Å². The standard InChI is InChI=1S/C15H16ClN3O2/c1-2-5-13-17-15(21-18-13)10-8-14(20)19(9-10)12-7-4-3-6-11(12)16/h3-4,6-7,10H,2,5,8-9H2,1H3. The van der Waals surface area contributed by atoms with E-state index in [2.05, 4.69) is 17.1 Å². The third kappa shape index (κ3) is 2.78. The van der Waals surface area contributed by atoms with Gasteiger partial charge in [-0.3, -0.25) is 4.79 Å². The zero-order valence-electron chi connectivity index (χ0n) is 11.8. The van der Waals surface area contributed by atoms with E-state index in [4.69, 9.17) is 16.1 Å². The highest BCUT2D eigenvalue weighted by molar-refractivity contribution is 6.33. The molecule has 0 spiro atoms. The van der Waals surface area contributed by atoms with E-state index < -0.39 is 0 Å². The lowest BCUT2D eigenvalue weighted by atomic mass is 10.1. The number of para-hydroxylation sites is 1. The van der Waals surface area contributed by atoms with Gasteiger partial charge in [0, 0.05) is 19.4 Å². The van der Waals surface area contributed by atoms with Crippen LogP contribution < -0.4 is 4.90 Å². The summed E-state index contributed by atoms with van der Waals surface area (Å²) in [5.41, 5.74) is 0.736. The highest BCUT2D eigenvalue weighted by atomic mass is 35.5. The fraction of sp³-hybridized carbons (Fsp3) is 0.400. The number of rotatable bonds is 4. The first-order valence-corrected chi connectivity index (χ1v) is 7.44. The van der Waals surface area contributed by atoms with Crippen LogP contribution in [0.1, 0.15) is 37.4 Å². The molecule has 0 bridgehead atoms. The van der Waals surface area contributed by atoms with Gasteiger partial charge in [-0.25, -0.2) is 0 Å². The van der Waals surface area contributed by atoms with Crippen LogP contribution >= 0.6 is 11.6 Å². The molecule has 1 aliphatic heterocycles. The summed E-state index contributed by atoms with van der Waals surface area (Å²) in [7, 11) is 0. The van der Waals surface area contributed by atoms with Crippen LogP contribution in [0.15, 0.2) is 28.8 Å². The highest BCUT2D eigenvalue weighted by Crippen LogP contribution is 2.34. The molecule has 5 nitrogen and oxygen atoms in total. The van der Waals surface area contributed by atoms with Crippen molar-refractivity contribution in [2.45, 2.75) is 32.1 Å². The second kappa shape index (κ2) is 5.85. The molecule has 2 aromatic rings. The minimum atomic E-state index is -0.0631. The van der Waals surface area contributed by atoms with Gasteiger partial charge in [-0.1, -0.05) is 35.8 Å². The second-order valence-corrected chi connectivity index (χ2v) is 5.56. The molecule has 2 heterocycles. The number of anilines is 1. The Morgan fingerprint density at radius 3 is 3.00 bits per heavy atom. The van der Waals surface area contributed by atoms with Crippen molar-refractivity contribution in [3.8, 4) is 0 Å². The Balaban J connectivity index is 1.79.